The maximum absolute atomic E-state index is 12.5. The molecular weight excluding hydrogens is 528 g/mol. The molecule has 10 heteroatoms. The summed E-state index contributed by atoms with van der Waals surface area (Å²) in [5.74, 6) is 1.39. The van der Waals surface area contributed by atoms with Crippen molar-refractivity contribution in [3.63, 3.8) is 0 Å². The van der Waals surface area contributed by atoms with Crippen molar-refractivity contribution in [1.82, 2.24) is 9.55 Å². The number of benzene rings is 3. The summed E-state index contributed by atoms with van der Waals surface area (Å²) in [5.41, 5.74) is 0.156. The second-order valence-electron chi connectivity index (χ2n) is 9.59. The van der Waals surface area contributed by atoms with Gasteiger partial charge in [0.2, 0.25) is 0 Å². The third-order valence-electron chi connectivity index (χ3n) is 7.34. The molecule has 0 amide bonds. The lowest BCUT2D eigenvalue weighted by Gasteiger charge is -2.37. The Labute approximate surface area is 236 Å². The first-order valence-electron chi connectivity index (χ1n) is 13.1. The molecule has 1 aromatic heterocycles. The van der Waals surface area contributed by atoms with E-state index in [-0.39, 0.29) is 6.61 Å². The Morgan fingerprint density at radius 3 is 1.90 bits per heavy atom. The maximum Gasteiger partial charge on any atom is 0.330 e. The first kappa shape index (κ1) is 28.3. The summed E-state index contributed by atoms with van der Waals surface area (Å²) < 4.78 is 30.6. The Kier molecular flexibility index (Phi) is 8.36. The molecule has 2 heterocycles. The maximum atomic E-state index is 12.5. The molecule has 41 heavy (non-hydrogen) atoms. The summed E-state index contributed by atoms with van der Waals surface area (Å²) >= 11 is 0. The van der Waals surface area contributed by atoms with Crippen molar-refractivity contribution in [3.8, 4) is 11.5 Å². The monoisotopic (exact) mass is 560 g/mol. The highest BCUT2D eigenvalue weighted by atomic mass is 16.6. The number of H-pyrrole nitrogens is 1. The lowest BCUT2D eigenvalue weighted by Crippen LogP contribution is -2.40. The molecule has 214 valence electrons. The molecule has 4 atom stereocenters. The van der Waals surface area contributed by atoms with Crippen LogP contribution in [0.15, 0.2) is 101 Å². The third-order valence-corrected chi connectivity index (χ3v) is 7.34. The number of aliphatic hydroxyl groups is 1. The molecule has 1 aliphatic heterocycles. The van der Waals surface area contributed by atoms with Gasteiger partial charge in [-0.25, -0.2) is 4.79 Å². The van der Waals surface area contributed by atoms with Gasteiger partial charge in [-0.3, -0.25) is 14.3 Å². The van der Waals surface area contributed by atoms with Gasteiger partial charge in [0.1, 0.15) is 35.4 Å². The van der Waals surface area contributed by atoms with Crippen molar-refractivity contribution in [1.29, 1.82) is 0 Å². The van der Waals surface area contributed by atoms with Crippen LogP contribution in [0.25, 0.3) is 0 Å². The van der Waals surface area contributed by atoms with Gasteiger partial charge in [0.05, 0.1) is 20.8 Å². The molecule has 5 rings (SSSR count). The minimum atomic E-state index is -1.20. The molecule has 1 aliphatic rings. The second kappa shape index (κ2) is 12.1. The summed E-state index contributed by atoms with van der Waals surface area (Å²) in [6.45, 7) is -0.0167. The average Bonchev–Trinajstić information content (AvgIpc) is 3.33. The van der Waals surface area contributed by atoms with Crippen LogP contribution in [0, 0.1) is 0 Å². The van der Waals surface area contributed by atoms with Crippen LogP contribution in [-0.4, -0.2) is 60.9 Å². The van der Waals surface area contributed by atoms with Crippen molar-refractivity contribution in [3.05, 3.63) is 129 Å². The summed E-state index contributed by atoms with van der Waals surface area (Å²) in [7, 11) is 4.67. The van der Waals surface area contributed by atoms with Crippen LogP contribution in [0.1, 0.15) is 22.9 Å². The van der Waals surface area contributed by atoms with Crippen LogP contribution < -0.4 is 20.7 Å². The van der Waals surface area contributed by atoms with E-state index in [0.29, 0.717) is 11.5 Å². The fourth-order valence-electron chi connectivity index (χ4n) is 5.28. The number of aromatic amines is 1. The van der Waals surface area contributed by atoms with Crippen LogP contribution in [0.4, 0.5) is 0 Å². The zero-order valence-electron chi connectivity index (χ0n) is 22.9. The number of aromatic nitrogens is 2. The molecule has 0 bridgehead atoms. The van der Waals surface area contributed by atoms with Gasteiger partial charge in [0, 0.05) is 19.4 Å². The SMILES string of the molecule is COc1ccc(C(OC[C@H]2O[C@@H](n3ccc(=O)[nH]c3=O)[C@H](O)[C@@H]2OC)(c2ccccc2)c2ccc(OC)cc2)cc1. The van der Waals surface area contributed by atoms with E-state index < -0.39 is 41.4 Å². The first-order chi connectivity index (χ1) is 19.9. The number of hydrogen-bond donors (Lipinski definition) is 2. The number of rotatable bonds is 10. The lowest BCUT2D eigenvalue weighted by molar-refractivity contribution is -0.0994. The molecule has 0 spiro atoms. The van der Waals surface area contributed by atoms with E-state index in [9.17, 15) is 14.7 Å². The summed E-state index contributed by atoms with van der Waals surface area (Å²) in [6.07, 6.45) is -2.60. The fourth-order valence-corrected chi connectivity index (χ4v) is 5.28. The van der Waals surface area contributed by atoms with Crippen LogP contribution in [0.2, 0.25) is 0 Å². The Morgan fingerprint density at radius 1 is 0.829 bits per heavy atom. The summed E-state index contributed by atoms with van der Waals surface area (Å²) in [5, 5.41) is 11.1. The molecule has 10 nitrogen and oxygen atoms in total. The molecule has 0 unspecified atom stereocenters. The Hall–Kier alpha value is -4.22. The van der Waals surface area contributed by atoms with Gasteiger partial charge in [-0.15, -0.1) is 0 Å². The number of nitrogens with zero attached hydrogens (tertiary/aromatic N) is 1. The van der Waals surface area contributed by atoms with Crippen molar-refractivity contribution in [2.24, 2.45) is 0 Å². The van der Waals surface area contributed by atoms with E-state index in [2.05, 4.69) is 4.98 Å². The summed E-state index contributed by atoms with van der Waals surface area (Å²) in [6, 6.07) is 26.2. The molecule has 3 aromatic carbocycles. The molecule has 2 N–H and O–H groups in total. The van der Waals surface area contributed by atoms with Crippen LogP contribution in [0.5, 0.6) is 11.5 Å². The highest BCUT2D eigenvalue weighted by Crippen LogP contribution is 2.43. The quantitative estimate of drug-likeness (QED) is 0.284. The van der Waals surface area contributed by atoms with E-state index in [0.717, 1.165) is 21.3 Å². The Bertz CT molecular complexity index is 1500. The van der Waals surface area contributed by atoms with Crippen molar-refractivity contribution in [2.45, 2.75) is 30.1 Å². The molecule has 0 saturated carbocycles. The summed E-state index contributed by atoms with van der Waals surface area (Å²) in [4.78, 5) is 26.3. The van der Waals surface area contributed by atoms with Crippen molar-refractivity contribution in [2.75, 3.05) is 27.9 Å². The minimum Gasteiger partial charge on any atom is -0.497 e. The normalized spacial score (nSPS) is 20.6. The van der Waals surface area contributed by atoms with E-state index in [1.807, 2.05) is 78.9 Å². The molecule has 0 radical (unpaired) electrons. The van der Waals surface area contributed by atoms with Crippen molar-refractivity contribution < 1.29 is 28.8 Å². The van der Waals surface area contributed by atoms with E-state index in [4.69, 9.17) is 23.7 Å². The fraction of sp³-hybridized carbons (Fsp3) is 0.290. The number of hydrogen-bond acceptors (Lipinski definition) is 8. The predicted octanol–water partition coefficient (Wildman–Crippen LogP) is 2.84. The van der Waals surface area contributed by atoms with Crippen LogP contribution in [-0.2, 0) is 19.8 Å². The van der Waals surface area contributed by atoms with E-state index in [1.165, 1.54) is 19.4 Å². The standard InChI is InChI=1S/C31H32N2O8/c1-37-23-13-9-21(10-14-23)31(20-7-5-4-6-8-20,22-11-15-24(38-2)16-12-22)40-19-25-28(39-3)27(35)29(41-25)33-18-17-26(34)32-30(33)36/h4-18,25,27-29,35H,19H2,1-3H3,(H,32,34,36)/t25-,27-,28-,29-/m1/s1. The van der Waals surface area contributed by atoms with Crippen molar-refractivity contribution >= 4 is 0 Å². The largest absolute Gasteiger partial charge is 0.497 e. The van der Waals surface area contributed by atoms with Gasteiger partial charge >= 0.3 is 5.69 Å². The first-order valence-corrected chi connectivity index (χ1v) is 13.1. The van der Waals surface area contributed by atoms with E-state index >= 15 is 0 Å². The number of ether oxygens (including phenoxy) is 5. The number of nitrogens with one attached hydrogen (secondary N) is 1. The lowest BCUT2D eigenvalue weighted by atomic mass is 9.80. The second-order valence-corrected chi connectivity index (χ2v) is 9.59. The Morgan fingerprint density at radius 2 is 1.39 bits per heavy atom. The number of aliphatic hydroxyl groups excluding tert-OH is 1. The molecular formula is C31H32N2O8. The van der Waals surface area contributed by atoms with Gasteiger partial charge < -0.3 is 28.8 Å². The topological polar surface area (TPSA) is 121 Å². The molecule has 0 aliphatic carbocycles. The predicted molar refractivity (Wildman–Crippen MR) is 150 cm³/mol. The molecule has 1 fully saturated rings. The van der Waals surface area contributed by atoms with E-state index in [1.54, 1.807) is 14.2 Å². The van der Waals surface area contributed by atoms with Gasteiger partial charge in [0.15, 0.2) is 6.23 Å². The zero-order valence-corrected chi connectivity index (χ0v) is 22.9. The smallest absolute Gasteiger partial charge is 0.330 e. The Balaban J connectivity index is 1.57. The van der Waals surface area contributed by atoms with Gasteiger partial charge in [-0.2, -0.15) is 0 Å². The van der Waals surface area contributed by atoms with Gasteiger partial charge in [0.25, 0.3) is 5.56 Å². The van der Waals surface area contributed by atoms with Gasteiger partial charge in [-0.05, 0) is 41.0 Å². The number of methoxy groups -OCH3 is 3. The zero-order chi connectivity index (χ0) is 29.0. The molecule has 1 saturated heterocycles. The van der Waals surface area contributed by atoms with Crippen LogP contribution in [0.3, 0.4) is 0 Å². The highest BCUT2D eigenvalue weighted by Gasteiger charge is 2.47. The van der Waals surface area contributed by atoms with Gasteiger partial charge in [-0.1, -0.05) is 54.6 Å². The highest BCUT2D eigenvalue weighted by molar-refractivity contribution is 5.49. The van der Waals surface area contributed by atoms with Crippen LogP contribution >= 0.6 is 0 Å². The minimum absolute atomic E-state index is 0.0167. The third kappa shape index (κ3) is 5.42. The molecule has 4 aromatic rings. The average molecular weight is 561 g/mol.